The van der Waals surface area contributed by atoms with Crippen molar-refractivity contribution in [1.29, 1.82) is 0 Å². The van der Waals surface area contributed by atoms with Gasteiger partial charge in [0.2, 0.25) is 0 Å². The number of carbonyl (C=O) groups excluding carboxylic acids is 1. The van der Waals surface area contributed by atoms with Crippen LogP contribution in [0.4, 0.5) is 0 Å². The molecule has 0 bridgehead atoms. The van der Waals surface area contributed by atoms with Crippen molar-refractivity contribution in [1.82, 2.24) is 0 Å². The smallest absolute Gasteiger partial charge is 0.338 e. The zero-order chi connectivity index (χ0) is 14.5. The molecule has 20 heavy (non-hydrogen) atoms. The maximum absolute atomic E-state index is 11.8. The van der Waals surface area contributed by atoms with Crippen LogP contribution >= 0.6 is 0 Å². The molecule has 0 heterocycles. The molecule has 5 nitrogen and oxygen atoms in total. The molecule has 0 radical (unpaired) electrons. The van der Waals surface area contributed by atoms with Crippen molar-refractivity contribution in [3.05, 3.63) is 42.0 Å². The summed E-state index contributed by atoms with van der Waals surface area (Å²) < 4.78 is 9.74. The first-order valence-corrected chi connectivity index (χ1v) is 6.17. The van der Waals surface area contributed by atoms with E-state index in [4.69, 9.17) is 9.47 Å². The number of hydrogen-bond acceptors (Lipinski definition) is 5. The van der Waals surface area contributed by atoms with Crippen LogP contribution in [-0.2, 0) is 9.47 Å². The largest absolute Gasteiger partial charge is 0.508 e. The number of fused-ring (bicyclic) bond motifs is 1. The monoisotopic (exact) mass is 276 g/mol. The highest BCUT2D eigenvalue weighted by molar-refractivity contribution is 5.95. The molecule has 5 heteroatoms. The number of aliphatic hydroxyl groups is 1. The highest BCUT2D eigenvalue weighted by atomic mass is 16.5. The Hall–Kier alpha value is -2.11. The molecule has 0 aliphatic carbocycles. The van der Waals surface area contributed by atoms with Crippen molar-refractivity contribution in [3.8, 4) is 5.75 Å². The van der Waals surface area contributed by atoms with Gasteiger partial charge < -0.3 is 19.7 Å². The number of benzene rings is 2. The van der Waals surface area contributed by atoms with Crippen molar-refractivity contribution in [2.75, 3.05) is 20.3 Å². The standard InChI is InChI=1S/C15H16O5/c1-19-8-14(17)9-20-15(18)12-3-2-11-7-13(16)5-4-10(11)6-12/h2-7,14,16-17H,8-9H2,1H3. The van der Waals surface area contributed by atoms with E-state index in [0.29, 0.717) is 5.56 Å². The average Bonchev–Trinajstić information content (AvgIpc) is 2.44. The van der Waals surface area contributed by atoms with E-state index in [1.807, 2.05) is 0 Å². The highest BCUT2D eigenvalue weighted by Gasteiger charge is 2.11. The van der Waals surface area contributed by atoms with Crippen molar-refractivity contribution in [2.24, 2.45) is 0 Å². The average molecular weight is 276 g/mol. The van der Waals surface area contributed by atoms with Crippen LogP contribution in [0.15, 0.2) is 36.4 Å². The zero-order valence-corrected chi connectivity index (χ0v) is 11.1. The third-order valence-electron chi connectivity index (χ3n) is 2.83. The van der Waals surface area contributed by atoms with Gasteiger partial charge in [-0.1, -0.05) is 12.1 Å². The number of phenols is 1. The molecule has 2 N–H and O–H groups in total. The Morgan fingerprint density at radius 2 is 1.85 bits per heavy atom. The van der Waals surface area contributed by atoms with Crippen molar-refractivity contribution >= 4 is 16.7 Å². The first-order chi connectivity index (χ1) is 9.60. The van der Waals surface area contributed by atoms with Gasteiger partial charge in [0, 0.05) is 7.11 Å². The quantitative estimate of drug-likeness (QED) is 0.813. The van der Waals surface area contributed by atoms with Crippen LogP contribution in [0.1, 0.15) is 10.4 Å². The number of aromatic hydroxyl groups is 1. The SMILES string of the molecule is COCC(O)COC(=O)c1ccc2cc(O)ccc2c1. The van der Waals surface area contributed by atoms with Crippen molar-refractivity contribution in [3.63, 3.8) is 0 Å². The molecule has 0 aromatic heterocycles. The third kappa shape index (κ3) is 3.46. The number of methoxy groups -OCH3 is 1. The highest BCUT2D eigenvalue weighted by Crippen LogP contribution is 2.21. The summed E-state index contributed by atoms with van der Waals surface area (Å²) in [5.41, 5.74) is 0.396. The fourth-order valence-electron chi connectivity index (χ4n) is 1.86. The summed E-state index contributed by atoms with van der Waals surface area (Å²) in [5.74, 6) is -0.328. The minimum atomic E-state index is -0.832. The second-order valence-corrected chi connectivity index (χ2v) is 4.45. The van der Waals surface area contributed by atoms with Crippen LogP contribution in [0.25, 0.3) is 10.8 Å². The molecule has 1 atom stereocenters. The minimum Gasteiger partial charge on any atom is -0.508 e. The molecular weight excluding hydrogens is 260 g/mol. The third-order valence-corrected chi connectivity index (χ3v) is 2.83. The van der Waals surface area contributed by atoms with E-state index in [2.05, 4.69) is 0 Å². The fraction of sp³-hybridized carbons (Fsp3) is 0.267. The normalized spacial score (nSPS) is 12.3. The van der Waals surface area contributed by atoms with E-state index < -0.39 is 12.1 Å². The number of ether oxygens (including phenoxy) is 2. The van der Waals surface area contributed by atoms with Crippen LogP contribution in [0, 0.1) is 0 Å². The van der Waals surface area contributed by atoms with E-state index in [-0.39, 0.29) is 19.0 Å². The molecule has 0 amide bonds. The maximum Gasteiger partial charge on any atom is 0.338 e. The second kappa shape index (κ2) is 6.36. The Labute approximate surface area is 116 Å². The molecular formula is C15H16O5. The summed E-state index contributed by atoms with van der Waals surface area (Å²) in [7, 11) is 1.46. The summed E-state index contributed by atoms with van der Waals surface area (Å²) in [6, 6.07) is 9.93. The minimum absolute atomic E-state index is 0.111. The molecule has 0 spiro atoms. The van der Waals surface area contributed by atoms with Gasteiger partial charge in [-0.2, -0.15) is 0 Å². The van der Waals surface area contributed by atoms with Crippen LogP contribution in [0.5, 0.6) is 5.75 Å². The lowest BCUT2D eigenvalue weighted by Gasteiger charge is -2.10. The Morgan fingerprint density at radius 1 is 1.15 bits per heavy atom. The fourth-order valence-corrected chi connectivity index (χ4v) is 1.86. The molecule has 0 aliphatic heterocycles. The number of rotatable bonds is 5. The topological polar surface area (TPSA) is 76.0 Å². The second-order valence-electron chi connectivity index (χ2n) is 4.45. The Morgan fingerprint density at radius 3 is 2.60 bits per heavy atom. The summed E-state index contributed by atoms with van der Waals surface area (Å²) in [6.07, 6.45) is -0.832. The summed E-state index contributed by atoms with van der Waals surface area (Å²) in [4.78, 5) is 11.8. The van der Waals surface area contributed by atoms with Crippen LogP contribution in [-0.4, -0.2) is 42.6 Å². The van der Waals surface area contributed by atoms with E-state index in [1.165, 1.54) is 7.11 Å². The first kappa shape index (κ1) is 14.3. The van der Waals surface area contributed by atoms with Crippen molar-refractivity contribution < 1.29 is 24.5 Å². The molecule has 106 valence electrons. The number of aliphatic hydroxyl groups excluding tert-OH is 1. The predicted molar refractivity (Wildman–Crippen MR) is 73.8 cm³/mol. The van der Waals surface area contributed by atoms with Gasteiger partial charge >= 0.3 is 5.97 Å². The molecule has 1 unspecified atom stereocenters. The van der Waals surface area contributed by atoms with Crippen molar-refractivity contribution in [2.45, 2.75) is 6.10 Å². The number of carbonyl (C=O) groups is 1. The van der Waals surface area contributed by atoms with E-state index in [0.717, 1.165) is 10.8 Å². The Bertz CT molecular complexity index is 608. The summed E-state index contributed by atoms with van der Waals surface area (Å²) in [5, 5.41) is 20.5. The van der Waals surface area contributed by atoms with Crippen LogP contribution in [0.3, 0.4) is 0 Å². The van der Waals surface area contributed by atoms with E-state index in [1.54, 1.807) is 36.4 Å². The molecule has 0 saturated heterocycles. The molecule has 0 aliphatic rings. The van der Waals surface area contributed by atoms with Gasteiger partial charge in [0.1, 0.15) is 18.5 Å². The summed E-state index contributed by atoms with van der Waals surface area (Å²) >= 11 is 0. The molecule has 2 aromatic carbocycles. The summed E-state index contributed by atoms with van der Waals surface area (Å²) in [6.45, 7) is 0.00453. The van der Waals surface area contributed by atoms with Gasteiger partial charge in [0.15, 0.2) is 0 Å². The lowest BCUT2D eigenvalue weighted by Crippen LogP contribution is -2.23. The Balaban J connectivity index is 2.08. The van der Waals surface area contributed by atoms with Gasteiger partial charge in [-0.15, -0.1) is 0 Å². The first-order valence-electron chi connectivity index (χ1n) is 6.17. The maximum atomic E-state index is 11.8. The van der Waals surface area contributed by atoms with Gasteiger partial charge in [-0.05, 0) is 35.0 Å². The van der Waals surface area contributed by atoms with E-state index >= 15 is 0 Å². The van der Waals surface area contributed by atoms with Gasteiger partial charge in [-0.3, -0.25) is 0 Å². The molecule has 2 aromatic rings. The predicted octanol–water partition coefficient (Wildman–Crippen LogP) is 1.71. The number of esters is 1. The number of phenolic OH excluding ortho intramolecular Hbond substituents is 1. The molecule has 2 rings (SSSR count). The van der Waals surface area contributed by atoms with Crippen LogP contribution in [0.2, 0.25) is 0 Å². The number of hydrogen-bond donors (Lipinski definition) is 2. The van der Waals surface area contributed by atoms with Crippen LogP contribution < -0.4 is 0 Å². The Kier molecular flexibility index (Phi) is 4.55. The van der Waals surface area contributed by atoms with Gasteiger partial charge in [0.05, 0.1) is 12.2 Å². The lowest BCUT2D eigenvalue weighted by atomic mass is 10.1. The molecule has 0 saturated carbocycles. The zero-order valence-electron chi connectivity index (χ0n) is 11.1. The van der Waals surface area contributed by atoms with E-state index in [9.17, 15) is 15.0 Å². The van der Waals surface area contributed by atoms with Gasteiger partial charge in [-0.25, -0.2) is 4.79 Å². The molecule has 0 fully saturated rings. The van der Waals surface area contributed by atoms with Gasteiger partial charge in [0.25, 0.3) is 0 Å². The lowest BCUT2D eigenvalue weighted by molar-refractivity contribution is 0.000152.